The lowest BCUT2D eigenvalue weighted by atomic mass is 10.0. The number of amides is 1. The first-order valence-corrected chi connectivity index (χ1v) is 7.15. The van der Waals surface area contributed by atoms with Crippen molar-refractivity contribution >= 4 is 17.5 Å². The van der Waals surface area contributed by atoms with Gasteiger partial charge >= 0.3 is 0 Å². The molecule has 1 atom stereocenters. The third kappa shape index (κ3) is 3.13. The minimum absolute atomic E-state index is 0.107. The SMILES string of the molecule is Cc1cccc(C(=O)N2CC(CCl)OC(C)(C)C2)c1F. The number of hydrogen-bond acceptors (Lipinski definition) is 2. The fourth-order valence-corrected chi connectivity index (χ4v) is 2.67. The van der Waals surface area contributed by atoms with E-state index < -0.39 is 11.4 Å². The first kappa shape index (κ1) is 15.3. The quantitative estimate of drug-likeness (QED) is 0.786. The maximum absolute atomic E-state index is 14.1. The fraction of sp³-hybridized carbons (Fsp3) is 0.533. The molecule has 5 heteroatoms. The molecule has 0 radical (unpaired) electrons. The van der Waals surface area contributed by atoms with Gasteiger partial charge in [0.2, 0.25) is 0 Å². The molecule has 1 aliphatic heterocycles. The van der Waals surface area contributed by atoms with Crippen molar-refractivity contribution in [1.82, 2.24) is 4.90 Å². The molecular weight excluding hydrogens is 281 g/mol. The monoisotopic (exact) mass is 299 g/mol. The van der Waals surface area contributed by atoms with Crippen LogP contribution in [0.1, 0.15) is 29.8 Å². The largest absolute Gasteiger partial charge is 0.367 e. The van der Waals surface area contributed by atoms with Crippen LogP contribution in [0.25, 0.3) is 0 Å². The van der Waals surface area contributed by atoms with Crippen LogP contribution in [0, 0.1) is 12.7 Å². The van der Waals surface area contributed by atoms with Gasteiger partial charge in [0, 0.05) is 13.1 Å². The van der Waals surface area contributed by atoms with Crippen LogP contribution in [0.2, 0.25) is 0 Å². The lowest BCUT2D eigenvalue weighted by Gasteiger charge is -2.42. The number of halogens is 2. The summed E-state index contributed by atoms with van der Waals surface area (Å²) in [6, 6.07) is 4.86. The van der Waals surface area contributed by atoms with Crippen molar-refractivity contribution < 1.29 is 13.9 Å². The third-order valence-electron chi connectivity index (χ3n) is 3.36. The van der Waals surface area contributed by atoms with Crippen LogP contribution >= 0.6 is 11.6 Å². The second-order valence-corrected chi connectivity index (χ2v) is 6.08. The molecule has 0 aromatic heterocycles. The molecule has 0 saturated carbocycles. The number of morpholine rings is 1. The van der Waals surface area contributed by atoms with Crippen LogP contribution in [0.3, 0.4) is 0 Å². The maximum atomic E-state index is 14.1. The number of carbonyl (C=O) groups is 1. The zero-order chi connectivity index (χ0) is 14.9. The Morgan fingerprint density at radius 1 is 1.55 bits per heavy atom. The Bertz CT molecular complexity index is 519. The standard InChI is InChI=1S/C15H19ClFNO2/c1-10-5-4-6-12(13(10)17)14(19)18-8-11(7-16)20-15(2,3)9-18/h4-6,11H,7-9H2,1-3H3. The molecule has 0 bridgehead atoms. The predicted octanol–water partition coefficient (Wildman–Crippen LogP) is 2.99. The van der Waals surface area contributed by atoms with Crippen molar-refractivity contribution in [2.75, 3.05) is 19.0 Å². The molecule has 2 rings (SSSR count). The van der Waals surface area contributed by atoms with E-state index in [1.807, 2.05) is 13.8 Å². The Morgan fingerprint density at radius 3 is 2.90 bits per heavy atom. The third-order valence-corrected chi connectivity index (χ3v) is 3.71. The summed E-state index contributed by atoms with van der Waals surface area (Å²) >= 11 is 5.84. The first-order valence-electron chi connectivity index (χ1n) is 6.62. The van der Waals surface area contributed by atoms with Crippen molar-refractivity contribution in [2.24, 2.45) is 0 Å². The van der Waals surface area contributed by atoms with E-state index in [4.69, 9.17) is 16.3 Å². The highest BCUT2D eigenvalue weighted by Gasteiger charge is 2.36. The van der Waals surface area contributed by atoms with Crippen molar-refractivity contribution in [3.8, 4) is 0 Å². The highest BCUT2D eigenvalue weighted by atomic mass is 35.5. The molecule has 1 heterocycles. The van der Waals surface area contributed by atoms with Crippen LogP contribution in [0.15, 0.2) is 18.2 Å². The number of ether oxygens (including phenoxy) is 1. The average molecular weight is 300 g/mol. The molecule has 1 aromatic rings. The molecule has 1 aromatic carbocycles. The molecule has 3 nitrogen and oxygen atoms in total. The van der Waals surface area contributed by atoms with Gasteiger partial charge in [-0.15, -0.1) is 11.6 Å². The van der Waals surface area contributed by atoms with Crippen LogP contribution in [-0.2, 0) is 4.74 Å². The molecule has 1 amide bonds. The normalized spacial score (nSPS) is 21.9. The molecule has 20 heavy (non-hydrogen) atoms. The Balaban J connectivity index is 2.26. The van der Waals surface area contributed by atoms with Crippen LogP contribution in [0.5, 0.6) is 0 Å². The molecule has 0 spiro atoms. The van der Waals surface area contributed by atoms with Crippen LogP contribution in [-0.4, -0.2) is 41.5 Å². The van der Waals surface area contributed by atoms with E-state index in [9.17, 15) is 9.18 Å². The van der Waals surface area contributed by atoms with E-state index in [1.54, 1.807) is 24.0 Å². The van der Waals surface area contributed by atoms with E-state index in [1.165, 1.54) is 6.07 Å². The summed E-state index contributed by atoms with van der Waals surface area (Å²) in [6.07, 6.45) is -0.225. The minimum atomic E-state index is -0.478. The van der Waals surface area contributed by atoms with Gasteiger partial charge in [-0.2, -0.15) is 0 Å². The van der Waals surface area contributed by atoms with Crippen LogP contribution in [0.4, 0.5) is 4.39 Å². The molecule has 0 aliphatic carbocycles. The van der Waals surface area contributed by atoms with Crippen molar-refractivity contribution in [3.05, 3.63) is 35.1 Å². The van der Waals surface area contributed by atoms with Gasteiger partial charge in [-0.05, 0) is 32.4 Å². The average Bonchev–Trinajstić information content (AvgIpc) is 2.39. The Morgan fingerprint density at radius 2 is 2.25 bits per heavy atom. The van der Waals surface area contributed by atoms with Gasteiger partial charge in [-0.1, -0.05) is 12.1 Å². The maximum Gasteiger partial charge on any atom is 0.257 e. The van der Waals surface area contributed by atoms with Gasteiger partial charge in [0.15, 0.2) is 0 Å². The second kappa shape index (κ2) is 5.70. The Hall–Kier alpha value is -1.13. The summed E-state index contributed by atoms with van der Waals surface area (Å²) in [6.45, 7) is 6.26. The first-order chi connectivity index (χ1) is 9.34. The highest BCUT2D eigenvalue weighted by molar-refractivity contribution is 6.18. The van der Waals surface area contributed by atoms with Gasteiger partial charge in [0.25, 0.3) is 5.91 Å². The fourth-order valence-electron chi connectivity index (χ4n) is 2.51. The summed E-state index contributed by atoms with van der Waals surface area (Å²) in [4.78, 5) is 14.1. The summed E-state index contributed by atoms with van der Waals surface area (Å²) in [5.41, 5.74) is 0.0987. The molecule has 1 fully saturated rings. The van der Waals surface area contributed by atoms with Gasteiger partial charge in [-0.25, -0.2) is 4.39 Å². The zero-order valence-corrected chi connectivity index (χ0v) is 12.7. The van der Waals surface area contributed by atoms with Gasteiger partial charge < -0.3 is 9.64 Å². The van der Waals surface area contributed by atoms with E-state index in [-0.39, 0.29) is 17.6 Å². The molecule has 110 valence electrons. The van der Waals surface area contributed by atoms with E-state index in [0.717, 1.165) is 0 Å². The second-order valence-electron chi connectivity index (χ2n) is 5.78. The topological polar surface area (TPSA) is 29.5 Å². The summed E-state index contributed by atoms with van der Waals surface area (Å²) < 4.78 is 19.8. The van der Waals surface area contributed by atoms with E-state index in [0.29, 0.717) is 24.5 Å². The lowest BCUT2D eigenvalue weighted by Crippen LogP contribution is -2.55. The number of nitrogens with zero attached hydrogens (tertiary/aromatic N) is 1. The summed E-state index contributed by atoms with van der Waals surface area (Å²) in [5, 5.41) is 0. The summed E-state index contributed by atoms with van der Waals surface area (Å²) in [5.74, 6) is -0.453. The molecule has 1 aliphatic rings. The zero-order valence-electron chi connectivity index (χ0n) is 12.0. The summed E-state index contributed by atoms with van der Waals surface area (Å²) in [7, 11) is 0. The Kier molecular flexibility index (Phi) is 4.35. The number of alkyl halides is 1. The van der Waals surface area contributed by atoms with Gasteiger partial charge in [-0.3, -0.25) is 4.79 Å². The number of aryl methyl sites for hydroxylation is 1. The molecule has 1 unspecified atom stereocenters. The van der Waals surface area contributed by atoms with E-state index >= 15 is 0 Å². The van der Waals surface area contributed by atoms with Crippen molar-refractivity contribution in [3.63, 3.8) is 0 Å². The molecule has 0 N–H and O–H groups in total. The van der Waals surface area contributed by atoms with Gasteiger partial charge in [0.05, 0.1) is 23.1 Å². The van der Waals surface area contributed by atoms with Crippen LogP contribution < -0.4 is 0 Å². The van der Waals surface area contributed by atoms with Gasteiger partial charge in [0.1, 0.15) is 5.82 Å². The number of hydrogen-bond donors (Lipinski definition) is 0. The minimum Gasteiger partial charge on any atom is -0.367 e. The number of carbonyl (C=O) groups excluding carboxylic acids is 1. The smallest absolute Gasteiger partial charge is 0.257 e. The molecule has 1 saturated heterocycles. The van der Waals surface area contributed by atoms with Crippen molar-refractivity contribution in [2.45, 2.75) is 32.5 Å². The highest BCUT2D eigenvalue weighted by Crippen LogP contribution is 2.24. The number of benzene rings is 1. The molecular formula is C15H19ClFNO2. The number of rotatable bonds is 2. The predicted molar refractivity (Wildman–Crippen MR) is 76.7 cm³/mol. The Labute approximate surface area is 123 Å². The van der Waals surface area contributed by atoms with E-state index in [2.05, 4.69) is 0 Å². The van der Waals surface area contributed by atoms with Crippen molar-refractivity contribution in [1.29, 1.82) is 0 Å². The lowest BCUT2D eigenvalue weighted by molar-refractivity contribution is -0.117.